The highest BCUT2D eigenvalue weighted by Gasteiger charge is 2.16. The van der Waals surface area contributed by atoms with E-state index in [1.165, 1.54) is 49.8 Å². The second-order valence-electron chi connectivity index (χ2n) is 10.5. The first-order valence-corrected chi connectivity index (χ1v) is 16.2. The third-order valence-electron chi connectivity index (χ3n) is 6.71. The molecule has 0 bridgehead atoms. The molecule has 1 aliphatic heterocycles. The zero-order valence-electron chi connectivity index (χ0n) is 27.6. The maximum absolute atomic E-state index is 13.8. The van der Waals surface area contributed by atoms with E-state index >= 15 is 0 Å². The molecular weight excluding hydrogens is 553 g/mol. The van der Waals surface area contributed by atoms with Crippen LogP contribution in [0.4, 0.5) is 4.39 Å². The lowest BCUT2D eigenvalue weighted by atomic mass is 9.93. The summed E-state index contributed by atoms with van der Waals surface area (Å²) < 4.78 is 13.8. The van der Waals surface area contributed by atoms with Crippen molar-refractivity contribution < 1.29 is 14.3 Å². The second-order valence-corrected chi connectivity index (χ2v) is 11.8. The van der Waals surface area contributed by atoms with E-state index in [1.54, 1.807) is 49.0 Å². The van der Waals surface area contributed by atoms with Gasteiger partial charge in [0.2, 0.25) is 0 Å². The van der Waals surface area contributed by atoms with Gasteiger partial charge in [0.05, 0.1) is 0 Å². The molecule has 1 N–H and O–H groups in total. The molecule has 0 aromatic heterocycles. The zero-order valence-corrected chi connectivity index (χ0v) is 28.4. The van der Waals surface area contributed by atoms with Crippen molar-refractivity contribution in [3.8, 4) is 5.75 Å². The molecule has 0 aliphatic carbocycles. The molecule has 232 valence electrons. The minimum Gasteiger partial charge on any atom is -0.507 e. The van der Waals surface area contributed by atoms with E-state index in [0.29, 0.717) is 27.8 Å². The number of aromatic hydroxyl groups is 1. The van der Waals surface area contributed by atoms with Crippen LogP contribution in [0, 0.1) is 6.92 Å². The number of hydrogen-bond acceptors (Lipinski definition) is 4. The summed E-state index contributed by atoms with van der Waals surface area (Å²) in [6.45, 7) is 20.2. The highest BCUT2D eigenvalue weighted by Crippen LogP contribution is 2.33. The van der Waals surface area contributed by atoms with Gasteiger partial charge in [-0.25, -0.2) is 4.39 Å². The zero-order chi connectivity index (χ0) is 32.5. The van der Waals surface area contributed by atoms with E-state index in [-0.39, 0.29) is 17.4 Å². The first-order valence-electron chi connectivity index (χ1n) is 15.0. The summed E-state index contributed by atoms with van der Waals surface area (Å²) in [5.74, 6) is 2.86. The predicted molar refractivity (Wildman–Crippen MR) is 189 cm³/mol. The SMILES string of the molecule is C=C(C)C(=C\N=C(C)C)/C=C(\C(C)=O)c1ccc(C(/C=C\C)=C(/C)F)cc1O.CC.Cc1ccc(C2CCSCC2)cc1. The summed E-state index contributed by atoms with van der Waals surface area (Å²) in [4.78, 5) is 16.5. The molecule has 5 heteroatoms. The minimum atomic E-state index is -0.354. The Bertz CT molecular complexity index is 1360. The third-order valence-corrected chi connectivity index (χ3v) is 7.76. The largest absolute Gasteiger partial charge is 0.507 e. The number of hydrogen-bond donors (Lipinski definition) is 1. The maximum atomic E-state index is 13.8. The molecule has 2 aromatic rings. The van der Waals surface area contributed by atoms with Crippen molar-refractivity contribution in [1.82, 2.24) is 0 Å². The van der Waals surface area contributed by atoms with Crippen molar-refractivity contribution in [2.45, 2.75) is 81.1 Å². The van der Waals surface area contributed by atoms with Crippen LogP contribution in [-0.2, 0) is 4.79 Å². The van der Waals surface area contributed by atoms with E-state index < -0.39 is 0 Å². The fourth-order valence-electron chi connectivity index (χ4n) is 4.37. The van der Waals surface area contributed by atoms with Gasteiger partial charge in [-0.05, 0) is 119 Å². The molecule has 0 unspecified atom stereocenters. The Labute approximate surface area is 264 Å². The van der Waals surface area contributed by atoms with Gasteiger partial charge >= 0.3 is 0 Å². The fourth-order valence-corrected chi connectivity index (χ4v) is 5.47. The Morgan fingerprint density at radius 3 is 2.09 bits per heavy atom. The van der Waals surface area contributed by atoms with Gasteiger partial charge < -0.3 is 5.11 Å². The normalized spacial score (nSPS) is 14.6. The smallest absolute Gasteiger partial charge is 0.160 e. The number of ketones is 1. The van der Waals surface area contributed by atoms with E-state index in [9.17, 15) is 14.3 Å². The van der Waals surface area contributed by atoms with Gasteiger partial charge in [0.15, 0.2) is 5.78 Å². The van der Waals surface area contributed by atoms with Crippen molar-refractivity contribution in [2.24, 2.45) is 4.99 Å². The average Bonchev–Trinajstić information content (AvgIpc) is 2.98. The van der Waals surface area contributed by atoms with Crippen molar-refractivity contribution in [3.63, 3.8) is 0 Å². The van der Waals surface area contributed by atoms with Crippen LogP contribution in [0.3, 0.4) is 0 Å². The Kier molecular flexibility index (Phi) is 17.2. The van der Waals surface area contributed by atoms with Gasteiger partial charge in [0, 0.05) is 28.6 Å². The first kappa shape index (κ1) is 37.6. The first-order chi connectivity index (χ1) is 20.4. The number of nitrogens with zero attached hydrogens (tertiary/aromatic N) is 1. The van der Waals surface area contributed by atoms with Crippen molar-refractivity contribution in [2.75, 3.05) is 11.5 Å². The second kappa shape index (κ2) is 19.7. The van der Waals surface area contributed by atoms with Crippen LogP contribution in [0.5, 0.6) is 5.75 Å². The van der Waals surface area contributed by atoms with Crippen molar-refractivity contribution >= 4 is 34.4 Å². The number of halogens is 1. The van der Waals surface area contributed by atoms with Crippen LogP contribution in [0.15, 0.2) is 95.4 Å². The van der Waals surface area contributed by atoms with Crippen LogP contribution in [-0.4, -0.2) is 28.1 Å². The lowest BCUT2D eigenvalue weighted by molar-refractivity contribution is -0.111. The molecule has 0 spiro atoms. The van der Waals surface area contributed by atoms with Crippen LogP contribution >= 0.6 is 11.8 Å². The summed E-state index contributed by atoms with van der Waals surface area (Å²) in [5, 5.41) is 10.5. The number of rotatable bonds is 8. The molecule has 43 heavy (non-hydrogen) atoms. The number of aliphatic imine (C=N–C) groups is 1. The van der Waals surface area contributed by atoms with Crippen LogP contribution in [0.2, 0.25) is 0 Å². The van der Waals surface area contributed by atoms with Gasteiger partial charge in [-0.2, -0.15) is 11.8 Å². The summed E-state index contributed by atoms with van der Waals surface area (Å²) in [6, 6.07) is 13.8. The van der Waals surface area contributed by atoms with Gasteiger partial charge in [-0.15, -0.1) is 0 Å². The summed E-state index contributed by atoms with van der Waals surface area (Å²) >= 11 is 2.10. The summed E-state index contributed by atoms with van der Waals surface area (Å²) in [5.41, 5.74) is 6.83. The summed E-state index contributed by atoms with van der Waals surface area (Å²) in [6.07, 6.45) is 9.41. The third kappa shape index (κ3) is 12.8. The van der Waals surface area contributed by atoms with Crippen molar-refractivity contribution in [1.29, 1.82) is 0 Å². The topological polar surface area (TPSA) is 49.7 Å². The number of aryl methyl sites for hydroxylation is 1. The molecule has 3 rings (SSSR count). The standard InChI is InChI=1S/C24H28FNO2.C12H16S.C2H6/c1-8-9-21(17(6)25)19-10-11-22(24(28)13-19)23(18(7)27)12-20(15(2)3)14-26-16(4)5;1-10-2-4-11(5-3-10)12-6-8-13-9-7-12;1-2/h8-14,28H,2H2,1,3-7H3;2-5,12H,6-9H2,1H3;1-2H3/b9-8-,20-14-,21-17-,23-12+;;. The highest BCUT2D eigenvalue weighted by molar-refractivity contribution is 7.99. The molecule has 0 radical (unpaired) electrons. The molecule has 1 saturated heterocycles. The number of allylic oxidation sites excluding steroid dienone is 8. The molecule has 1 heterocycles. The van der Waals surface area contributed by atoms with Gasteiger partial charge in [0.1, 0.15) is 11.6 Å². The predicted octanol–water partition coefficient (Wildman–Crippen LogP) is 11.2. The van der Waals surface area contributed by atoms with E-state index in [1.807, 2.05) is 34.6 Å². The van der Waals surface area contributed by atoms with Crippen LogP contribution in [0.1, 0.15) is 96.4 Å². The van der Waals surface area contributed by atoms with Gasteiger partial charge in [-0.3, -0.25) is 9.79 Å². The molecular formula is C38H50FNO2S. The summed E-state index contributed by atoms with van der Waals surface area (Å²) in [7, 11) is 0. The molecule has 0 saturated carbocycles. The average molecular weight is 604 g/mol. The number of phenols is 1. The molecule has 1 fully saturated rings. The van der Waals surface area contributed by atoms with E-state index in [2.05, 4.69) is 54.5 Å². The molecule has 0 atom stereocenters. The van der Waals surface area contributed by atoms with Crippen molar-refractivity contribution in [3.05, 3.63) is 113 Å². The van der Waals surface area contributed by atoms with Gasteiger partial charge in [0.25, 0.3) is 0 Å². The molecule has 1 aliphatic rings. The van der Waals surface area contributed by atoms with Crippen LogP contribution < -0.4 is 0 Å². The maximum Gasteiger partial charge on any atom is 0.160 e. The number of thioether (sulfide) groups is 1. The Hall–Kier alpha value is -3.44. The number of carbonyl (C=O) groups excluding carboxylic acids is 1. The molecule has 0 amide bonds. The number of Topliss-reactive ketones (excluding diaryl/α,β-unsaturated/α-hetero) is 1. The Balaban J connectivity index is 0.000000507. The van der Waals surface area contributed by atoms with Gasteiger partial charge in [-0.1, -0.05) is 68.5 Å². The quantitative estimate of drug-likeness (QED) is 0.185. The Morgan fingerprint density at radius 1 is 1.02 bits per heavy atom. The van der Waals surface area contributed by atoms with Crippen LogP contribution in [0.25, 0.3) is 11.1 Å². The minimum absolute atomic E-state index is 0.0987. The molecule has 2 aromatic carbocycles. The lowest BCUT2D eigenvalue weighted by Gasteiger charge is -2.21. The number of phenolic OH excluding ortho intramolecular Hbond substituents is 1. The Morgan fingerprint density at radius 2 is 1.63 bits per heavy atom. The number of carbonyl (C=O) groups is 1. The highest BCUT2D eigenvalue weighted by atomic mass is 32.2. The fraction of sp³-hybridized carbons (Fsp3) is 0.368. The number of benzene rings is 2. The van der Waals surface area contributed by atoms with E-state index in [0.717, 1.165) is 17.2 Å². The van der Waals surface area contributed by atoms with E-state index in [4.69, 9.17) is 0 Å². The molecule has 3 nitrogen and oxygen atoms in total. The monoisotopic (exact) mass is 603 g/mol. The lowest BCUT2D eigenvalue weighted by Crippen LogP contribution is -2.07.